The van der Waals surface area contributed by atoms with Gasteiger partial charge >= 0.3 is 12.1 Å². The molecule has 0 saturated heterocycles. The zero-order valence-electron chi connectivity index (χ0n) is 22.0. The Kier molecular flexibility index (Phi) is 9.17. The number of hydrogen-bond acceptors (Lipinski definition) is 8. The number of hydrogen-bond donors (Lipinski definition) is 0. The monoisotopic (exact) mass is 490 g/mol. The molecule has 35 heavy (non-hydrogen) atoms. The van der Waals surface area contributed by atoms with Gasteiger partial charge in [-0.2, -0.15) is 0 Å². The van der Waals surface area contributed by atoms with Gasteiger partial charge in [-0.05, 0) is 58.6 Å². The van der Waals surface area contributed by atoms with Crippen molar-refractivity contribution in [2.75, 3.05) is 7.11 Å². The number of ketones is 2. The number of nitrogens with zero attached hydrogens (tertiary/aromatic N) is 2. The molecule has 0 saturated carbocycles. The van der Waals surface area contributed by atoms with Gasteiger partial charge in [-0.25, -0.2) is 14.3 Å². The number of esters is 1. The highest BCUT2D eigenvalue weighted by Crippen LogP contribution is 2.33. The minimum atomic E-state index is -1.48. The SMILES string of the molecule is CC[C@H]1OC(=O)[C@H](C)C(=O)[C@H](C)C[C@](C)(OC)C[C@@H](C)C(=O)/C(C)=C/[C@]1(C)OC(=O)n1ccnc1. The van der Waals surface area contributed by atoms with Crippen LogP contribution < -0.4 is 0 Å². The third-order valence-electron chi connectivity index (χ3n) is 6.87. The highest BCUT2D eigenvalue weighted by Gasteiger charge is 2.43. The lowest BCUT2D eigenvalue weighted by molar-refractivity contribution is -0.166. The lowest BCUT2D eigenvalue weighted by Crippen LogP contribution is -2.47. The summed E-state index contributed by atoms with van der Waals surface area (Å²) in [5.41, 5.74) is -1.85. The maximum Gasteiger partial charge on any atom is 0.420 e. The molecule has 0 aromatic carbocycles. The summed E-state index contributed by atoms with van der Waals surface area (Å²) in [6, 6.07) is 0. The van der Waals surface area contributed by atoms with E-state index in [0.29, 0.717) is 18.4 Å². The van der Waals surface area contributed by atoms with Crippen molar-refractivity contribution in [3.05, 3.63) is 30.4 Å². The molecule has 0 unspecified atom stereocenters. The van der Waals surface area contributed by atoms with Crippen molar-refractivity contribution >= 4 is 23.6 Å². The number of methoxy groups -OCH3 is 1. The van der Waals surface area contributed by atoms with Crippen LogP contribution >= 0.6 is 0 Å². The molecule has 0 amide bonds. The first-order valence-corrected chi connectivity index (χ1v) is 12.0. The van der Waals surface area contributed by atoms with Crippen molar-refractivity contribution in [3.8, 4) is 0 Å². The summed E-state index contributed by atoms with van der Waals surface area (Å²) in [4.78, 5) is 56.1. The normalized spacial score (nSPS) is 35.0. The van der Waals surface area contributed by atoms with Crippen LogP contribution in [0.1, 0.15) is 67.7 Å². The molecule has 6 atom stereocenters. The van der Waals surface area contributed by atoms with Crippen LogP contribution in [-0.4, -0.2) is 57.6 Å². The third-order valence-corrected chi connectivity index (χ3v) is 6.87. The van der Waals surface area contributed by atoms with Gasteiger partial charge in [-0.1, -0.05) is 20.8 Å². The van der Waals surface area contributed by atoms with Crippen molar-refractivity contribution in [2.24, 2.45) is 17.8 Å². The van der Waals surface area contributed by atoms with Crippen LogP contribution in [0.15, 0.2) is 30.4 Å². The molecule has 0 spiro atoms. The number of ether oxygens (including phenoxy) is 3. The van der Waals surface area contributed by atoms with E-state index in [2.05, 4.69) is 4.98 Å². The number of rotatable bonds is 3. The second kappa shape index (κ2) is 11.3. The molecule has 1 aromatic rings. The first kappa shape index (κ1) is 28.4. The van der Waals surface area contributed by atoms with E-state index in [1.807, 2.05) is 13.8 Å². The highest BCUT2D eigenvalue weighted by atomic mass is 16.6. The summed E-state index contributed by atoms with van der Waals surface area (Å²) < 4.78 is 18.4. The van der Waals surface area contributed by atoms with E-state index < -0.39 is 47.1 Å². The fourth-order valence-electron chi connectivity index (χ4n) is 4.82. The molecule has 1 aliphatic heterocycles. The smallest absolute Gasteiger partial charge is 0.420 e. The van der Waals surface area contributed by atoms with Crippen molar-refractivity contribution in [3.63, 3.8) is 0 Å². The maximum absolute atomic E-state index is 13.3. The third kappa shape index (κ3) is 6.66. The standard InChI is InChI=1S/C26H38N2O7/c1-9-20-26(7,35-24(32)28-11-10-27-15-28)14-18(4)21(29)16(2)12-25(6,33-8)13-17(3)22(30)19(5)23(31)34-20/h10-11,14-17,19-20H,9,12-13H2,1-8H3/b18-14+/t16-,17-,19-,20-,25-,26+/m1/s1. The summed E-state index contributed by atoms with van der Waals surface area (Å²) >= 11 is 0. The number of carbonyl (C=O) groups excluding carboxylic acids is 4. The molecule has 1 aromatic heterocycles. The fraction of sp³-hybridized carbons (Fsp3) is 0.654. The largest absolute Gasteiger partial charge is 0.457 e. The Balaban J connectivity index is 2.58. The van der Waals surface area contributed by atoms with Crippen LogP contribution in [0.2, 0.25) is 0 Å². The molecule has 2 rings (SSSR count). The first-order valence-electron chi connectivity index (χ1n) is 12.0. The number of aromatic nitrogens is 2. The Hall–Kier alpha value is -2.81. The molecule has 9 heteroatoms. The van der Waals surface area contributed by atoms with E-state index in [1.54, 1.807) is 34.8 Å². The minimum Gasteiger partial charge on any atom is -0.457 e. The molecule has 0 bridgehead atoms. The highest BCUT2D eigenvalue weighted by molar-refractivity contribution is 6.00. The van der Waals surface area contributed by atoms with Crippen LogP contribution in [-0.2, 0) is 28.6 Å². The van der Waals surface area contributed by atoms with Gasteiger partial charge < -0.3 is 14.2 Å². The molecule has 0 N–H and O–H groups in total. The van der Waals surface area contributed by atoms with Gasteiger partial charge in [0.25, 0.3) is 0 Å². The molecule has 0 radical (unpaired) electrons. The molecule has 0 fully saturated rings. The zero-order chi connectivity index (χ0) is 26.6. The van der Waals surface area contributed by atoms with Gasteiger partial charge in [0.1, 0.15) is 24.1 Å². The first-order chi connectivity index (χ1) is 16.3. The van der Waals surface area contributed by atoms with Gasteiger partial charge in [0.2, 0.25) is 0 Å². The van der Waals surface area contributed by atoms with E-state index in [0.717, 1.165) is 4.57 Å². The van der Waals surface area contributed by atoms with E-state index in [9.17, 15) is 19.2 Å². The Morgan fingerprint density at radius 2 is 1.80 bits per heavy atom. The summed E-state index contributed by atoms with van der Waals surface area (Å²) in [5.74, 6) is -3.05. The molecular formula is C26H38N2O7. The lowest BCUT2D eigenvalue weighted by atomic mass is 9.79. The van der Waals surface area contributed by atoms with Gasteiger partial charge in [-0.3, -0.25) is 14.4 Å². The number of allylic oxidation sites excluding steroid dienone is 1. The van der Waals surface area contributed by atoms with Crippen molar-refractivity contribution in [2.45, 2.75) is 85.0 Å². The summed E-state index contributed by atoms with van der Waals surface area (Å²) in [7, 11) is 1.55. The molecule has 1 aliphatic rings. The molecule has 0 aliphatic carbocycles. The summed E-state index contributed by atoms with van der Waals surface area (Å²) in [6.07, 6.45) is 5.04. The van der Waals surface area contributed by atoms with E-state index >= 15 is 0 Å². The van der Waals surface area contributed by atoms with E-state index in [4.69, 9.17) is 14.2 Å². The Morgan fingerprint density at radius 1 is 1.17 bits per heavy atom. The van der Waals surface area contributed by atoms with Gasteiger partial charge in [-0.15, -0.1) is 0 Å². The van der Waals surface area contributed by atoms with Gasteiger partial charge in [0.05, 0.1) is 5.60 Å². The molecule has 2 heterocycles. The van der Waals surface area contributed by atoms with Crippen LogP contribution in [0.4, 0.5) is 4.79 Å². The predicted molar refractivity (Wildman–Crippen MR) is 129 cm³/mol. The number of imidazole rings is 1. The van der Waals surface area contributed by atoms with E-state index in [1.165, 1.54) is 31.7 Å². The average Bonchev–Trinajstić information content (AvgIpc) is 3.35. The molecular weight excluding hydrogens is 452 g/mol. The van der Waals surface area contributed by atoms with Crippen LogP contribution in [0.3, 0.4) is 0 Å². The second-order valence-electron chi connectivity index (χ2n) is 10.0. The van der Waals surface area contributed by atoms with Gasteiger partial charge in [0.15, 0.2) is 11.4 Å². The molecule has 194 valence electrons. The summed E-state index contributed by atoms with van der Waals surface area (Å²) in [6.45, 7) is 12.0. The van der Waals surface area contributed by atoms with Crippen molar-refractivity contribution in [1.82, 2.24) is 9.55 Å². The van der Waals surface area contributed by atoms with E-state index in [-0.39, 0.29) is 18.0 Å². The van der Waals surface area contributed by atoms with Crippen molar-refractivity contribution < 1.29 is 33.4 Å². The Morgan fingerprint density at radius 3 is 2.34 bits per heavy atom. The topological polar surface area (TPSA) is 114 Å². The fourth-order valence-corrected chi connectivity index (χ4v) is 4.82. The zero-order valence-corrected chi connectivity index (χ0v) is 22.0. The predicted octanol–water partition coefficient (Wildman–Crippen LogP) is 4.14. The molecule has 9 nitrogen and oxygen atoms in total. The van der Waals surface area contributed by atoms with Gasteiger partial charge in [0, 0.05) is 31.3 Å². The Labute approximate surface area is 207 Å². The minimum absolute atomic E-state index is 0.149. The van der Waals surface area contributed by atoms with Crippen LogP contribution in [0, 0.1) is 17.8 Å². The number of cyclic esters (lactones) is 1. The second-order valence-corrected chi connectivity index (χ2v) is 10.0. The quantitative estimate of drug-likeness (QED) is 0.459. The Bertz CT molecular complexity index is 970. The van der Waals surface area contributed by atoms with Crippen LogP contribution in [0.25, 0.3) is 0 Å². The van der Waals surface area contributed by atoms with Crippen LogP contribution in [0.5, 0.6) is 0 Å². The maximum atomic E-state index is 13.3. The lowest BCUT2D eigenvalue weighted by Gasteiger charge is -2.36. The number of Topliss-reactive ketones (excluding diaryl/α,β-unsaturated/α-hetero) is 2. The number of carbonyl (C=O) groups is 4. The summed E-state index contributed by atoms with van der Waals surface area (Å²) in [5, 5.41) is 0. The van der Waals surface area contributed by atoms with Crippen molar-refractivity contribution in [1.29, 1.82) is 0 Å². The average molecular weight is 491 g/mol.